The van der Waals surface area contributed by atoms with Crippen LogP contribution in [0.1, 0.15) is 38.8 Å². The quantitative estimate of drug-likeness (QED) is 0.816. The minimum absolute atomic E-state index is 0.371. The molecule has 2 N–H and O–H groups in total. The first kappa shape index (κ1) is 16.0. The molecule has 0 saturated heterocycles. The first-order valence-corrected chi connectivity index (χ1v) is 8.27. The van der Waals surface area contributed by atoms with Crippen LogP contribution >= 0.6 is 0 Å². The lowest BCUT2D eigenvalue weighted by Crippen LogP contribution is -2.31. The number of anilines is 1. The van der Waals surface area contributed by atoms with Crippen LogP contribution in [0.3, 0.4) is 0 Å². The smallest absolute Gasteiger partial charge is 0.243 e. The molecule has 0 aliphatic heterocycles. The number of nitrogen functional groups attached to an aromatic ring is 1. The van der Waals surface area contributed by atoms with Crippen molar-refractivity contribution in [3.8, 4) is 0 Å². The summed E-state index contributed by atoms with van der Waals surface area (Å²) in [5.74, 6) is 0. The Bertz CT molecular complexity index is 535. The summed E-state index contributed by atoms with van der Waals surface area (Å²) in [7, 11) is -3.45. The molecule has 1 aromatic rings. The van der Waals surface area contributed by atoms with E-state index in [4.69, 9.17) is 5.73 Å². The molecule has 4 nitrogen and oxygen atoms in total. The van der Waals surface area contributed by atoms with E-state index in [1.54, 1.807) is 6.07 Å². The summed E-state index contributed by atoms with van der Waals surface area (Å²) in [6.45, 7) is 8.56. The van der Waals surface area contributed by atoms with Crippen molar-refractivity contribution in [2.75, 3.05) is 18.8 Å². The van der Waals surface area contributed by atoms with Gasteiger partial charge in [0, 0.05) is 18.8 Å². The summed E-state index contributed by atoms with van der Waals surface area (Å²) in [6.07, 6.45) is 1.39. The number of aryl methyl sites for hydroxylation is 1. The molecular formula is C14H24N2O2S. The lowest BCUT2D eigenvalue weighted by Gasteiger charge is -2.21. The maximum absolute atomic E-state index is 12.7. The molecule has 0 fully saturated rings. The predicted molar refractivity (Wildman–Crippen MR) is 79.7 cm³/mol. The second-order valence-corrected chi connectivity index (χ2v) is 6.36. The molecule has 0 saturated carbocycles. The van der Waals surface area contributed by atoms with Crippen molar-refractivity contribution >= 4 is 15.7 Å². The van der Waals surface area contributed by atoms with Gasteiger partial charge in [0.15, 0.2) is 0 Å². The zero-order chi connectivity index (χ0) is 14.6. The maximum atomic E-state index is 12.7. The number of hydrogen-bond donors (Lipinski definition) is 1. The second-order valence-electron chi connectivity index (χ2n) is 4.46. The van der Waals surface area contributed by atoms with Crippen LogP contribution < -0.4 is 5.73 Å². The highest BCUT2D eigenvalue weighted by Crippen LogP contribution is 2.27. The molecule has 0 atom stereocenters. The minimum atomic E-state index is -3.45. The van der Waals surface area contributed by atoms with E-state index in [2.05, 4.69) is 0 Å². The molecule has 0 aliphatic carbocycles. The Kier molecular flexibility index (Phi) is 5.38. The Hall–Kier alpha value is -1.07. The molecule has 0 unspecified atom stereocenters. The topological polar surface area (TPSA) is 63.4 Å². The van der Waals surface area contributed by atoms with E-state index >= 15 is 0 Å². The van der Waals surface area contributed by atoms with Gasteiger partial charge >= 0.3 is 0 Å². The SMILES string of the molecule is CCc1cc(N)c(CC)c(S(=O)(=O)N(CC)CC)c1. The fourth-order valence-corrected chi connectivity index (χ4v) is 4.07. The standard InChI is InChI=1S/C14H24N2O2S/c1-5-11-9-13(15)12(6-2)14(10-11)19(17,18)16(7-3)8-4/h9-10H,5-8,15H2,1-4H3. The van der Waals surface area contributed by atoms with Gasteiger partial charge in [-0.25, -0.2) is 8.42 Å². The molecule has 0 spiro atoms. The Morgan fingerprint density at radius 1 is 1.05 bits per heavy atom. The van der Waals surface area contributed by atoms with Gasteiger partial charge in [-0.15, -0.1) is 0 Å². The van der Waals surface area contributed by atoms with Crippen molar-refractivity contribution in [3.05, 3.63) is 23.3 Å². The van der Waals surface area contributed by atoms with E-state index in [9.17, 15) is 8.42 Å². The molecule has 1 rings (SSSR count). The van der Waals surface area contributed by atoms with Crippen LogP contribution in [-0.2, 0) is 22.9 Å². The third-order valence-electron chi connectivity index (χ3n) is 3.39. The molecule has 0 amide bonds. The molecule has 0 radical (unpaired) electrons. The van der Waals surface area contributed by atoms with Gasteiger partial charge < -0.3 is 5.73 Å². The average Bonchev–Trinajstić information content (AvgIpc) is 2.38. The normalized spacial score (nSPS) is 12.1. The van der Waals surface area contributed by atoms with Crippen LogP contribution in [0, 0.1) is 0 Å². The molecule has 1 aromatic carbocycles. The molecular weight excluding hydrogens is 260 g/mol. The zero-order valence-corrected chi connectivity index (χ0v) is 13.0. The highest BCUT2D eigenvalue weighted by molar-refractivity contribution is 7.89. The average molecular weight is 284 g/mol. The number of benzene rings is 1. The fourth-order valence-electron chi connectivity index (χ4n) is 2.24. The van der Waals surface area contributed by atoms with Crippen LogP contribution in [0.15, 0.2) is 17.0 Å². The Morgan fingerprint density at radius 3 is 2.05 bits per heavy atom. The van der Waals surface area contributed by atoms with Crippen molar-refractivity contribution in [3.63, 3.8) is 0 Å². The Balaban J connectivity index is 3.51. The summed E-state index contributed by atoms with van der Waals surface area (Å²) in [4.78, 5) is 0.371. The highest BCUT2D eigenvalue weighted by atomic mass is 32.2. The molecule has 0 bridgehead atoms. The van der Waals surface area contributed by atoms with E-state index in [0.29, 0.717) is 30.1 Å². The lowest BCUT2D eigenvalue weighted by molar-refractivity contribution is 0.444. The van der Waals surface area contributed by atoms with Crippen molar-refractivity contribution in [1.29, 1.82) is 0 Å². The van der Waals surface area contributed by atoms with Gasteiger partial charge in [0.1, 0.15) is 0 Å². The van der Waals surface area contributed by atoms with Crippen molar-refractivity contribution in [1.82, 2.24) is 4.31 Å². The summed E-state index contributed by atoms with van der Waals surface area (Å²) >= 11 is 0. The maximum Gasteiger partial charge on any atom is 0.243 e. The van der Waals surface area contributed by atoms with Crippen LogP contribution in [0.5, 0.6) is 0 Å². The number of nitrogens with zero attached hydrogens (tertiary/aromatic N) is 1. The monoisotopic (exact) mass is 284 g/mol. The van der Waals surface area contributed by atoms with Gasteiger partial charge in [-0.3, -0.25) is 0 Å². The molecule has 0 heterocycles. The predicted octanol–water partition coefficient (Wildman–Crippen LogP) is 2.42. The molecule has 5 heteroatoms. The second kappa shape index (κ2) is 6.39. The van der Waals surface area contributed by atoms with Gasteiger partial charge in [0.25, 0.3) is 0 Å². The van der Waals surface area contributed by atoms with Gasteiger partial charge in [-0.2, -0.15) is 4.31 Å². The van der Waals surface area contributed by atoms with Gasteiger partial charge in [-0.05, 0) is 36.1 Å². The van der Waals surface area contributed by atoms with Gasteiger partial charge in [-0.1, -0.05) is 27.7 Å². The van der Waals surface area contributed by atoms with E-state index in [0.717, 1.165) is 17.5 Å². The summed E-state index contributed by atoms with van der Waals surface area (Å²) < 4.78 is 26.8. The summed E-state index contributed by atoms with van der Waals surface area (Å²) in [6, 6.07) is 3.64. The molecule has 19 heavy (non-hydrogen) atoms. The zero-order valence-electron chi connectivity index (χ0n) is 12.2. The van der Waals surface area contributed by atoms with E-state index in [-0.39, 0.29) is 0 Å². The third-order valence-corrected chi connectivity index (χ3v) is 5.50. The molecule has 0 aliphatic rings. The van der Waals surface area contributed by atoms with Crippen LogP contribution in [0.4, 0.5) is 5.69 Å². The van der Waals surface area contributed by atoms with E-state index in [1.165, 1.54) is 4.31 Å². The van der Waals surface area contributed by atoms with Crippen molar-refractivity contribution in [2.24, 2.45) is 0 Å². The fraction of sp³-hybridized carbons (Fsp3) is 0.571. The van der Waals surface area contributed by atoms with Gasteiger partial charge in [0.05, 0.1) is 4.90 Å². The third kappa shape index (κ3) is 3.09. The van der Waals surface area contributed by atoms with Crippen LogP contribution in [-0.4, -0.2) is 25.8 Å². The van der Waals surface area contributed by atoms with Gasteiger partial charge in [0.2, 0.25) is 10.0 Å². The number of hydrogen-bond acceptors (Lipinski definition) is 3. The summed E-state index contributed by atoms with van der Waals surface area (Å²) in [5, 5.41) is 0. The largest absolute Gasteiger partial charge is 0.398 e. The van der Waals surface area contributed by atoms with Crippen LogP contribution in [0.2, 0.25) is 0 Å². The minimum Gasteiger partial charge on any atom is -0.398 e. The number of rotatable bonds is 6. The first-order chi connectivity index (χ1) is 8.92. The lowest BCUT2D eigenvalue weighted by atomic mass is 10.1. The Morgan fingerprint density at radius 2 is 1.63 bits per heavy atom. The summed E-state index contributed by atoms with van der Waals surface area (Å²) in [5.41, 5.74) is 8.27. The molecule has 0 aromatic heterocycles. The first-order valence-electron chi connectivity index (χ1n) is 6.83. The van der Waals surface area contributed by atoms with E-state index < -0.39 is 10.0 Å². The Labute approximate surface area is 116 Å². The van der Waals surface area contributed by atoms with Crippen molar-refractivity contribution < 1.29 is 8.42 Å². The number of nitrogens with two attached hydrogens (primary N) is 1. The molecule has 108 valence electrons. The van der Waals surface area contributed by atoms with Crippen molar-refractivity contribution in [2.45, 2.75) is 45.4 Å². The van der Waals surface area contributed by atoms with E-state index in [1.807, 2.05) is 33.8 Å². The number of sulfonamides is 1. The van der Waals surface area contributed by atoms with Crippen LogP contribution in [0.25, 0.3) is 0 Å². The highest BCUT2D eigenvalue weighted by Gasteiger charge is 2.25.